The summed E-state index contributed by atoms with van der Waals surface area (Å²) in [6.07, 6.45) is 5.16. The summed E-state index contributed by atoms with van der Waals surface area (Å²) >= 11 is 0. The maximum absolute atomic E-state index is 12.8. The molecule has 6 nitrogen and oxygen atoms in total. The van der Waals surface area contributed by atoms with E-state index in [0.29, 0.717) is 24.5 Å². The fourth-order valence-electron chi connectivity index (χ4n) is 4.93. The summed E-state index contributed by atoms with van der Waals surface area (Å²) in [5.41, 5.74) is 4.98. The van der Waals surface area contributed by atoms with E-state index in [1.54, 1.807) is 14.2 Å². The number of nitrogens with one attached hydrogen (secondary N) is 1. The zero-order chi connectivity index (χ0) is 22.5. The second-order valence-corrected chi connectivity index (χ2v) is 8.84. The van der Waals surface area contributed by atoms with Crippen LogP contribution in [0.3, 0.4) is 0 Å². The Balaban J connectivity index is 1.45. The first-order chi connectivity index (χ1) is 15.6. The molecule has 4 rings (SSSR count). The van der Waals surface area contributed by atoms with Gasteiger partial charge in [-0.2, -0.15) is 0 Å². The molecule has 2 heterocycles. The smallest absolute Gasteiger partial charge is 0.224 e. The first kappa shape index (κ1) is 22.5. The molecule has 2 aliphatic heterocycles. The van der Waals surface area contributed by atoms with Crippen molar-refractivity contribution in [2.45, 2.75) is 38.1 Å². The highest BCUT2D eigenvalue weighted by Crippen LogP contribution is 2.32. The number of carbonyl (C=O) groups excluding carboxylic acids is 1. The number of carbonyl (C=O) groups is 1. The summed E-state index contributed by atoms with van der Waals surface area (Å²) in [4.78, 5) is 17.7. The summed E-state index contributed by atoms with van der Waals surface area (Å²) in [5, 5.41) is 3.21. The molecule has 1 amide bonds. The number of ether oxygens (including phenoxy) is 2. The Hall–Kier alpha value is -2.73. The summed E-state index contributed by atoms with van der Waals surface area (Å²) in [5.74, 6) is 1.34. The van der Waals surface area contributed by atoms with E-state index in [-0.39, 0.29) is 11.9 Å². The lowest BCUT2D eigenvalue weighted by molar-refractivity contribution is -0.120. The molecular formula is C26H35N3O3. The van der Waals surface area contributed by atoms with Crippen LogP contribution < -0.4 is 19.7 Å². The Morgan fingerprint density at radius 2 is 1.78 bits per heavy atom. The molecule has 1 atom stereocenters. The van der Waals surface area contributed by atoms with Crippen molar-refractivity contribution < 1.29 is 14.3 Å². The summed E-state index contributed by atoms with van der Waals surface area (Å²) < 4.78 is 10.7. The van der Waals surface area contributed by atoms with Crippen LogP contribution >= 0.6 is 0 Å². The predicted molar refractivity (Wildman–Crippen MR) is 128 cm³/mol. The molecule has 1 N–H and O–H groups in total. The van der Waals surface area contributed by atoms with Crippen LogP contribution in [-0.4, -0.2) is 58.3 Å². The third-order valence-electron chi connectivity index (χ3n) is 6.75. The second kappa shape index (κ2) is 10.3. The quantitative estimate of drug-likeness (QED) is 0.684. The number of nitrogens with zero attached hydrogens (tertiary/aromatic N) is 2. The Morgan fingerprint density at radius 3 is 2.53 bits per heavy atom. The Kier molecular flexibility index (Phi) is 7.20. The van der Waals surface area contributed by atoms with Gasteiger partial charge in [-0.1, -0.05) is 24.6 Å². The van der Waals surface area contributed by atoms with Crippen molar-refractivity contribution >= 4 is 11.6 Å². The predicted octanol–water partition coefficient (Wildman–Crippen LogP) is 3.58. The van der Waals surface area contributed by atoms with Crippen LogP contribution in [0.15, 0.2) is 36.4 Å². The van der Waals surface area contributed by atoms with Crippen LogP contribution in [0, 0.1) is 0 Å². The SMILES string of the molecule is COc1ccc(CC(=O)NC[C@@H](c2ccc3c(c2)CCN3C)N2CCCCC2)cc1OC. The third-order valence-corrected chi connectivity index (χ3v) is 6.75. The van der Waals surface area contributed by atoms with Crippen molar-refractivity contribution in [1.29, 1.82) is 0 Å². The zero-order valence-electron chi connectivity index (χ0n) is 19.5. The summed E-state index contributed by atoms with van der Waals surface area (Å²) in [6, 6.07) is 12.7. The van der Waals surface area contributed by atoms with E-state index < -0.39 is 0 Å². The van der Waals surface area contributed by atoms with Gasteiger partial charge in [0.1, 0.15) is 0 Å². The van der Waals surface area contributed by atoms with Gasteiger partial charge in [0, 0.05) is 25.8 Å². The lowest BCUT2D eigenvalue weighted by Crippen LogP contribution is -2.41. The molecule has 2 aromatic rings. The fourth-order valence-corrected chi connectivity index (χ4v) is 4.93. The van der Waals surface area contributed by atoms with Crippen molar-refractivity contribution in [3.8, 4) is 11.5 Å². The first-order valence-corrected chi connectivity index (χ1v) is 11.6. The molecule has 0 aromatic heterocycles. The zero-order valence-corrected chi connectivity index (χ0v) is 19.5. The number of piperidine rings is 1. The van der Waals surface area contributed by atoms with Crippen LogP contribution in [0.25, 0.3) is 0 Å². The van der Waals surface area contributed by atoms with Gasteiger partial charge in [0.15, 0.2) is 11.5 Å². The molecule has 2 aromatic carbocycles. The van der Waals surface area contributed by atoms with Crippen LogP contribution in [0.4, 0.5) is 5.69 Å². The second-order valence-electron chi connectivity index (χ2n) is 8.84. The van der Waals surface area contributed by atoms with E-state index in [4.69, 9.17) is 9.47 Å². The monoisotopic (exact) mass is 437 g/mol. The van der Waals surface area contributed by atoms with Gasteiger partial charge in [-0.05, 0) is 67.2 Å². The molecule has 0 saturated carbocycles. The van der Waals surface area contributed by atoms with Gasteiger partial charge in [0.05, 0.1) is 26.7 Å². The van der Waals surface area contributed by atoms with Gasteiger partial charge in [-0.15, -0.1) is 0 Å². The minimum atomic E-state index is 0.0279. The maximum atomic E-state index is 12.8. The van der Waals surface area contributed by atoms with Crippen molar-refractivity contribution in [2.24, 2.45) is 0 Å². The molecule has 2 aliphatic rings. The number of rotatable bonds is 8. The summed E-state index contributed by atoms with van der Waals surface area (Å²) in [7, 11) is 5.38. The van der Waals surface area contributed by atoms with E-state index in [9.17, 15) is 4.79 Å². The molecular weight excluding hydrogens is 402 g/mol. The number of benzene rings is 2. The van der Waals surface area contributed by atoms with Gasteiger partial charge < -0.3 is 19.7 Å². The van der Waals surface area contributed by atoms with E-state index in [2.05, 4.69) is 40.4 Å². The number of hydrogen-bond acceptors (Lipinski definition) is 5. The standard InChI is InChI=1S/C26H35N3O3/c1-28-14-11-21-17-20(8-9-22(21)28)23(29-12-5-4-6-13-29)18-27-26(30)16-19-7-10-24(31-2)25(15-19)32-3/h7-10,15,17,23H,4-6,11-14,16,18H2,1-3H3,(H,27,30)/t23-/m0/s1. The lowest BCUT2D eigenvalue weighted by Gasteiger charge is -2.35. The van der Waals surface area contributed by atoms with Crippen molar-refractivity contribution in [1.82, 2.24) is 10.2 Å². The topological polar surface area (TPSA) is 54.0 Å². The van der Waals surface area contributed by atoms with E-state index >= 15 is 0 Å². The summed E-state index contributed by atoms with van der Waals surface area (Å²) in [6.45, 7) is 3.89. The largest absolute Gasteiger partial charge is 0.493 e. The number of fused-ring (bicyclic) bond motifs is 1. The van der Waals surface area contributed by atoms with E-state index in [0.717, 1.165) is 31.6 Å². The van der Waals surface area contributed by atoms with Gasteiger partial charge >= 0.3 is 0 Å². The number of amides is 1. The van der Waals surface area contributed by atoms with Gasteiger partial charge in [-0.25, -0.2) is 0 Å². The Morgan fingerprint density at radius 1 is 1.00 bits per heavy atom. The number of methoxy groups -OCH3 is 2. The van der Waals surface area contributed by atoms with Crippen molar-refractivity contribution in [3.05, 3.63) is 53.1 Å². The molecule has 172 valence electrons. The van der Waals surface area contributed by atoms with Crippen LogP contribution in [-0.2, 0) is 17.6 Å². The minimum absolute atomic E-state index is 0.0279. The normalized spacial score (nSPS) is 17.0. The number of likely N-dealkylation sites (N-methyl/N-ethyl adjacent to an activating group) is 1. The lowest BCUT2D eigenvalue weighted by atomic mass is 9.98. The highest BCUT2D eigenvalue weighted by Gasteiger charge is 2.25. The molecule has 0 radical (unpaired) electrons. The molecule has 6 heteroatoms. The minimum Gasteiger partial charge on any atom is -0.493 e. The molecule has 0 aliphatic carbocycles. The fraction of sp³-hybridized carbons (Fsp3) is 0.500. The van der Waals surface area contributed by atoms with Crippen LogP contribution in [0.2, 0.25) is 0 Å². The molecule has 0 bridgehead atoms. The molecule has 1 fully saturated rings. The molecule has 1 saturated heterocycles. The van der Waals surface area contributed by atoms with E-state index in [1.807, 2.05) is 18.2 Å². The highest BCUT2D eigenvalue weighted by molar-refractivity contribution is 5.78. The van der Waals surface area contributed by atoms with Gasteiger partial charge in [-0.3, -0.25) is 9.69 Å². The highest BCUT2D eigenvalue weighted by atomic mass is 16.5. The van der Waals surface area contributed by atoms with E-state index in [1.165, 1.54) is 36.1 Å². The number of hydrogen-bond donors (Lipinski definition) is 1. The maximum Gasteiger partial charge on any atom is 0.224 e. The van der Waals surface area contributed by atoms with Crippen LogP contribution in [0.5, 0.6) is 11.5 Å². The molecule has 32 heavy (non-hydrogen) atoms. The molecule has 0 spiro atoms. The van der Waals surface area contributed by atoms with Crippen molar-refractivity contribution in [2.75, 3.05) is 52.3 Å². The average molecular weight is 438 g/mol. The number of anilines is 1. The Bertz CT molecular complexity index is 940. The first-order valence-electron chi connectivity index (χ1n) is 11.6. The van der Waals surface area contributed by atoms with Crippen molar-refractivity contribution in [3.63, 3.8) is 0 Å². The average Bonchev–Trinajstić information content (AvgIpc) is 3.20. The van der Waals surface area contributed by atoms with Crippen LogP contribution in [0.1, 0.15) is 42.0 Å². The third kappa shape index (κ3) is 5.01. The Labute approximate surface area is 191 Å². The number of likely N-dealkylation sites (tertiary alicyclic amines) is 1. The van der Waals surface area contributed by atoms with Gasteiger partial charge in [0.25, 0.3) is 0 Å². The molecule has 0 unspecified atom stereocenters. The van der Waals surface area contributed by atoms with Gasteiger partial charge in [0.2, 0.25) is 5.91 Å².